The summed E-state index contributed by atoms with van der Waals surface area (Å²) in [5.74, 6) is -1.64. The van der Waals surface area contributed by atoms with Crippen molar-refractivity contribution in [2.24, 2.45) is 0 Å². The monoisotopic (exact) mass is 374 g/mol. The molecular formula is C14H7BrClF3N2. The number of imidazole rings is 1. The van der Waals surface area contributed by atoms with Gasteiger partial charge in [0.25, 0.3) is 0 Å². The lowest BCUT2D eigenvalue weighted by Crippen LogP contribution is -2.03. The third-order valence-corrected chi connectivity index (χ3v) is 3.88. The van der Waals surface area contributed by atoms with E-state index in [1.54, 1.807) is 0 Å². The first-order valence-electron chi connectivity index (χ1n) is 5.89. The summed E-state index contributed by atoms with van der Waals surface area (Å²) >= 11 is 8.84. The molecule has 3 rings (SSSR count). The first-order valence-corrected chi connectivity index (χ1v) is 7.22. The predicted molar refractivity (Wildman–Crippen MR) is 78.2 cm³/mol. The van der Waals surface area contributed by atoms with E-state index in [1.165, 1.54) is 28.8 Å². The largest absolute Gasteiger partial charge is 0.292 e. The van der Waals surface area contributed by atoms with Crippen molar-refractivity contribution in [2.45, 2.75) is 5.88 Å². The van der Waals surface area contributed by atoms with E-state index in [-0.39, 0.29) is 16.0 Å². The Balaban J connectivity index is 2.38. The van der Waals surface area contributed by atoms with E-state index < -0.39 is 17.5 Å². The second-order valence-corrected chi connectivity index (χ2v) is 5.47. The molecule has 108 valence electrons. The van der Waals surface area contributed by atoms with Gasteiger partial charge in [-0.25, -0.2) is 18.2 Å². The summed E-state index contributed by atoms with van der Waals surface area (Å²) in [6.07, 6.45) is 0. The van der Waals surface area contributed by atoms with Crippen molar-refractivity contribution in [1.29, 1.82) is 0 Å². The molecule has 0 radical (unpaired) electrons. The van der Waals surface area contributed by atoms with Crippen molar-refractivity contribution < 1.29 is 13.2 Å². The lowest BCUT2D eigenvalue weighted by atomic mass is 10.2. The van der Waals surface area contributed by atoms with Crippen molar-refractivity contribution in [3.05, 3.63) is 58.1 Å². The summed E-state index contributed by atoms with van der Waals surface area (Å²) in [5, 5.41) is 0. The van der Waals surface area contributed by atoms with Crippen LogP contribution in [-0.4, -0.2) is 9.55 Å². The van der Waals surface area contributed by atoms with Gasteiger partial charge in [-0.15, -0.1) is 11.6 Å². The number of rotatable bonds is 2. The molecule has 0 aliphatic heterocycles. The minimum absolute atomic E-state index is 0.00470. The zero-order valence-electron chi connectivity index (χ0n) is 10.4. The van der Waals surface area contributed by atoms with Crippen molar-refractivity contribution >= 4 is 38.6 Å². The Morgan fingerprint density at radius 1 is 1.10 bits per heavy atom. The van der Waals surface area contributed by atoms with Crippen molar-refractivity contribution in [3.63, 3.8) is 0 Å². The molecule has 0 aliphatic rings. The van der Waals surface area contributed by atoms with Crippen LogP contribution in [0.4, 0.5) is 13.2 Å². The Labute approximate surface area is 131 Å². The number of halogens is 5. The highest BCUT2D eigenvalue weighted by molar-refractivity contribution is 9.10. The molecular weight excluding hydrogens is 369 g/mol. The molecule has 0 unspecified atom stereocenters. The number of hydrogen-bond donors (Lipinski definition) is 0. The minimum Gasteiger partial charge on any atom is -0.292 e. The average Bonchev–Trinajstić information content (AvgIpc) is 2.80. The lowest BCUT2D eigenvalue weighted by Gasteiger charge is -2.10. The van der Waals surface area contributed by atoms with Crippen LogP contribution in [0.25, 0.3) is 16.7 Å². The molecule has 0 saturated carbocycles. The SMILES string of the molecule is Fc1ccc2nc(CCl)n(-c3cc(Br)c(F)cc3F)c2c1. The zero-order chi connectivity index (χ0) is 15.1. The topological polar surface area (TPSA) is 17.8 Å². The van der Waals surface area contributed by atoms with Gasteiger partial charge < -0.3 is 0 Å². The molecule has 1 heterocycles. The number of benzene rings is 2. The van der Waals surface area contributed by atoms with Crippen LogP contribution in [0.3, 0.4) is 0 Å². The van der Waals surface area contributed by atoms with E-state index in [4.69, 9.17) is 11.6 Å². The minimum atomic E-state index is -0.786. The molecule has 0 bridgehead atoms. The van der Waals surface area contributed by atoms with Gasteiger partial charge in [0.15, 0.2) is 0 Å². The fraction of sp³-hybridized carbons (Fsp3) is 0.0714. The van der Waals surface area contributed by atoms with Crippen LogP contribution >= 0.6 is 27.5 Å². The standard InChI is InChI=1S/C14H7BrClF3N2/c15-8-4-12(10(19)5-9(8)18)21-13-3-7(17)1-2-11(13)20-14(21)6-16/h1-5H,6H2. The van der Waals surface area contributed by atoms with Gasteiger partial charge in [0.2, 0.25) is 0 Å². The van der Waals surface area contributed by atoms with Gasteiger partial charge in [-0.2, -0.15) is 0 Å². The quantitative estimate of drug-likeness (QED) is 0.458. The molecule has 0 amide bonds. The first kappa shape index (κ1) is 14.4. The Bertz CT molecular complexity index is 848. The molecule has 1 aromatic heterocycles. The Hall–Kier alpha value is -1.53. The van der Waals surface area contributed by atoms with E-state index in [0.717, 1.165) is 6.07 Å². The van der Waals surface area contributed by atoms with Gasteiger partial charge in [-0.1, -0.05) is 0 Å². The van der Waals surface area contributed by atoms with Crippen LogP contribution in [0.15, 0.2) is 34.8 Å². The molecule has 0 saturated heterocycles. The average molecular weight is 376 g/mol. The second kappa shape index (κ2) is 5.35. The summed E-state index contributed by atoms with van der Waals surface area (Å²) in [7, 11) is 0. The van der Waals surface area contributed by atoms with Gasteiger partial charge >= 0.3 is 0 Å². The highest BCUT2D eigenvalue weighted by Gasteiger charge is 2.17. The molecule has 0 aliphatic carbocycles. The number of nitrogens with zero attached hydrogens (tertiary/aromatic N) is 2. The maximum atomic E-state index is 14.1. The van der Waals surface area contributed by atoms with Crippen LogP contribution in [0.5, 0.6) is 0 Å². The smallest absolute Gasteiger partial charge is 0.150 e. The molecule has 0 N–H and O–H groups in total. The maximum Gasteiger partial charge on any atom is 0.150 e. The van der Waals surface area contributed by atoms with Crippen LogP contribution in [-0.2, 0) is 5.88 Å². The number of aromatic nitrogens is 2. The fourth-order valence-electron chi connectivity index (χ4n) is 2.14. The normalized spacial score (nSPS) is 11.3. The van der Waals surface area contributed by atoms with E-state index in [0.29, 0.717) is 16.9 Å². The molecule has 7 heteroatoms. The molecule has 0 atom stereocenters. The van der Waals surface area contributed by atoms with Crippen LogP contribution in [0, 0.1) is 17.5 Å². The third kappa shape index (κ3) is 2.42. The highest BCUT2D eigenvalue weighted by Crippen LogP contribution is 2.28. The summed E-state index contributed by atoms with van der Waals surface area (Å²) in [4.78, 5) is 4.23. The van der Waals surface area contributed by atoms with Gasteiger partial charge in [-0.05, 0) is 34.1 Å². The molecule has 2 nitrogen and oxygen atoms in total. The predicted octanol–water partition coefficient (Wildman–Crippen LogP) is 4.94. The number of fused-ring (bicyclic) bond motifs is 1. The zero-order valence-corrected chi connectivity index (χ0v) is 12.7. The second-order valence-electron chi connectivity index (χ2n) is 4.35. The molecule has 2 aromatic carbocycles. The van der Waals surface area contributed by atoms with Gasteiger partial charge in [0.05, 0.1) is 27.1 Å². The van der Waals surface area contributed by atoms with Crippen molar-refractivity contribution in [3.8, 4) is 5.69 Å². The van der Waals surface area contributed by atoms with Gasteiger partial charge in [-0.3, -0.25) is 4.57 Å². The van der Waals surface area contributed by atoms with Gasteiger partial charge in [0, 0.05) is 12.1 Å². The van der Waals surface area contributed by atoms with Crippen LogP contribution in [0.1, 0.15) is 5.82 Å². The third-order valence-electron chi connectivity index (χ3n) is 3.04. The molecule has 0 fully saturated rings. The highest BCUT2D eigenvalue weighted by atomic mass is 79.9. The molecule has 3 aromatic rings. The summed E-state index contributed by atoms with van der Waals surface area (Å²) in [6, 6.07) is 5.99. The summed E-state index contributed by atoms with van der Waals surface area (Å²) in [5.41, 5.74) is 0.891. The van der Waals surface area contributed by atoms with Crippen molar-refractivity contribution in [1.82, 2.24) is 9.55 Å². The van der Waals surface area contributed by atoms with E-state index in [1.807, 2.05) is 0 Å². The van der Waals surface area contributed by atoms with E-state index in [2.05, 4.69) is 20.9 Å². The summed E-state index contributed by atoms with van der Waals surface area (Å²) < 4.78 is 42.4. The number of hydrogen-bond acceptors (Lipinski definition) is 1. The van der Waals surface area contributed by atoms with E-state index in [9.17, 15) is 13.2 Å². The summed E-state index contributed by atoms with van der Waals surface area (Å²) in [6.45, 7) is 0. The fourth-order valence-corrected chi connectivity index (χ4v) is 2.65. The van der Waals surface area contributed by atoms with E-state index >= 15 is 0 Å². The first-order chi connectivity index (χ1) is 10.0. The Kier molecular flexibility index (Phi) is 3.67. The maximum absolute atomic E-state index is 14.1. The number of alkyl halides is 1. The van der Waals surface area contributed by atoms with Gasteiger partial charge in [0.1, 0.15) is 23.3 Å². The molecule has 21 heavy (non-hydrogen) atoms. The van der Waals surface area contributed by atoms with Crippen LogP contribution in [0.2, 0.25) is 0 Å². The Morgan fingerprint density at radius 3 is 2.57 bits per heavy atom. The molecule has 0 spiro atoms. The van der Waals surface area contributed by atoms with Crippen molar-refractivity contribution in [2.75, 3.05) is 0 Å². The van der Waals surface area contributed by atoms with Crippen LogP contribution < -0.4 is 0 Å². The lowest BCUT2D eigenvalue weighted by molar-refractivity contribution is 0.573. The Morgan fingerprint density at radius 2 is 1.86 bits per heavy atom.